The van der Waals surface area contributed by atoms with Crippen molar-refractivity contribution in [3.63, 3.8) is 0 Å². The van der Waals surface area contributed by atoms with Crippen LogP contribution in [0.3, 0.4) is 0 Å². The van der Waals surface area contributed by atoms with Crippen LogP contribution in [0.2, 0.25) is 0 Å². The van der Waals surface area contributed by atoms with Gasteiger partial charge in [0.1, 0.15) is 0 Å². The van der Waals surface area contributed by atoms with Gasteiger partial charge in [0, 0.05) is 18.9 Å². The molecule has 0 saturated heterocycles. The van der Waals surface area contributed by atoms with Crippen molar-refractivity contribution in [3.8, 4) is 0 Å². The molecule has 1 aromatic heterocycles. The Balaban J connectivity index is 2.10. The largest absolute Gasteiger partial charge is 0.322 e. The van der Waals surface area contributed by atoms with Crippen molar-refractivity contribution in [2.45, 2.75) is 43.9 Å². The number of sulfonamides is 1. The van der Waals surface area contributed by atoms with Crippen LogP contribution in [0.4, 0.5) is 11.4 Å². The molecule has 170 valence electrons. The van der Waals surface area contributed by atoms with Gasteiger partial charge in [0.2, 0.25) is 10.0 Å². The molecule has 1 aromatic carbocycles. The monoisotopic (exact) mass is 467 g/mol. The zero-order valence-corrected chi connectivity index (χ0v) is 19.7. The predicted molar refractivity (Wildman–Crippen MR) is 123 cm³/mol. The molecule has 31 heavy (non-hydrogen) atoms. The maximum absolute atomic E-state index is 12.7. The van der Waals surface area contributed by atoms with Crippen LogP contribution in [0.1, 0.15) is 49.4 Å². The summed E-state index contributed by atoms with van der Waals surface area (Å²) >= 11 is 0. The molecule has 2 aromatic rings. The van der Waals surface area contributed by atoms with Crippen LogP contribution in [0.25, 0.3) is 0 Å². The van der Waals surface area contributed by atoms with E-state index in [2.05, 4.69) is 17.2 Å². The van der Waals surface area contributed by atoms with Crippen molar-refractivity contribution in [3.05, 3.63) is 48.3 Å². The molecule has 10 heteroatoms. The lowest BCUT2D eigenvalue weighted by molar-refractivity contribution is 0.102. The molecule has 1 N–H and O–H groups in total. The zero-order chi connectivity index (χ0) is 23.1. The van der Waals surface area contributed by atoms with Gasteiger partial charge in [0.15, 0.2) is 9.84 Å². The van der Waals surface area contributed by atoms with E-state index in [1.807, 2.05) is 0 Å². The van der Waals surface area contributed by atoms with E-state index in [9.17, 15) is 21.6 Å². The number of amides is 1. The van der Waals surface area contributed by atoms with Gasteiger partial charge >= 0.3 is 0 Å². The van der Waals surface area contributed by atoms with Crippen molar-refractivity contribution in [2.75, 3.05) is 28.7 Å². The molecule has 0 aliphatic heterocycles. The average Bonchev–Trinajstić information content (AvgIpc) is 2.72. The molecule has 0 unspecified atom stereocenters. The molecule has 1 heterocycles. The Morgan fingerprint density at radius 3 is 2.26 bits per heavy atom. The van der Waals surface area contributed by atoms with Gasteiger partial charge in [-0.1, -0.05) is 32.6 Å². The molecular formula is C21H29N3O5S2. The van der Waals surface area contributed by atoms with Crippen LogP contribution in [-0.4, -0.2) is 46.8 Å². The van der Waals surface area contributed by atoms with Crippen LogP contribution in [0, 0.1) is 0 Å². The number of anilines is 2. The highest BCUT2D eigenvalue weighted by Gasteiger charge is 2.20. The van der Waals surface area contributed by atoms with Crippen LogP contribution >= 0.6 is 0 Å². The van der Waals surface area contributed by atoms with Crippen LogP contribution in [-0.2, 0) is 19.9 Å². The Morgan fingerprint density at radius 1 is 1.00 bits per heavy atom. The van der Waals surface area contributed by atoms with E-state index in [1.165, 1.54) is 49.8 Å². The van der Waals surface area contributed by atoms with Crippen molar-refractivity contribution in [2.24, 2.45) is 0 Å². The topological polar surface area (TPSA) is 114 Å². The number of nitrogens with zero attached hydrogens (tertiary/aromatic N) is 2. The third-order valence-electron chi connectivity index (χ3n) is 4.87. The fraction of sp³-hybridized carbons (Fsp3) is 0.429. The molecule has 0 radical (unpaired) electrons. The summed E-state index contributed by atoms with van der Waals surface area (Å²) in [5.41, 5.74) is 0.674. The molecule has 2 rings (SSSR count). The molecule has 0 aliphatic carbocycles. The Bertz CT molecular complexity index is 1100. The number of carbonyl (C=O) groups is 1. The van der Waals surface area contributed by atoms with Gasteiger partial charge in [-0.05, 0) is 36.8 Å². The van der Waals surface area contributed by atoms with Crippen LogP contribution < -0.4 is 9.62 Å². The fourth-order valence-electron chi connectivity index (χ4n) is 2.97. The predicted octanol–water partition coefficient (Wildman–Crippen LogP) is 3.47. The molecular weight excluding hydrogens is 438 g/mol. The van der Waals surface area contributed by atoms with E-state index in [0.29, 0.717) is 12.1 Å². The molecule has 8 nitrogen and oxygen atoms in total. The van der Waals surface area contributed by atoms with Crippen LogP contribution in [0.15, 0.2) is 47.6 Å². The normalized spacial score (nSPS) is 11.8. The molecule has 0 bridgehead atoms. The Hall–Kier alpha value is -2.46. The highest BCUT2D eigenvalue weighted by Crippen LogP contribution is 2.22. The number of aromatic nitrogens is 1. The van der Waals surface area contributed by atoms with Gasteiger partial charge in [-0.2, -0.15) is 0 Å². The first-order chi connectivity index (χ1) is 14.6. The molecule has 0 atom stereocenters. The quantitative estimate of drug-likeness (QED) is 0.506. The van der Waals surface area contributed by atoms with E-state index in [1.54, 1.807) is 0 Å². The number of sulfone groups is 1. The number of pyridine rings is 1. The molecule has 0 saturated carbocycles. The number of hydrogen-bond acceptors (Lipinski definition) is 6. The second kappa shape index (κ2) is 10.7. The third kappa shape index (κ3) is 7.03. The van der Waals surface area contributed by atoms with Crippen molar-refractivity contribution in [1.82, 2.24) is 4.98 Å². The first-order valence-corrected chi connectivity index (χ1v) is 13.6. The van der Waals surface area contributed by atoms with Gasteiger partial charge < -0.3 is 5.32 Å². The molecule has 0 fully saturated rings. The van der Waals surface area contributed by atoms with E-state index < -0.39 is 25.8 Å². The van der Waals surface area contributed by atoms with Gasteiger partial charge in [0.05, 0.1) is 34.4 Å². The number of unbranched alkanes of at least 4 members (excludes halogenated alkanes) is 4. The first kappa shape index (κ1) is 24.8. The average molecular weight is 468 g/mol. The van der Waals surface area contributed by atoms with E-state index >= 15 is 0 Å². The van der Waals surface area contributed by atoms with Crippen molar-refractivity contribution in [1.29, 1.82) is 0 Å². The lowest BCUT2D eigenvalue weighted by Gasteiger charge is -2.19. The summed E-state index contributed by atoms with van der Waals surface area (Å²) in [5, 5.41) is 2.67. The number of carbonyl (C=O) groups excluding carboxylic acids is 1. The van der Waals surface area contributed by atoms with Crippen molar-refractivity contribution < 1.29 is 21.6 Å². The summed E-state index contributed by atoms with van der Waals surface area (Å²) in [5.74, 6) is -0.430. The Labute approximate surface area is 184 Å². The summed E-state index contributed by atoms with van der Waals surface area (Å²) in [6.45, 7) is 2.11. The number of nitrogens with one attached hydrogen (secondary N) is 1. The second-order valence-corrected chi connectivity index (χ2v) is 11.5. The molecule has 0 spiro atoms. The molecule has 0 aliphatic rings. The highest BCUT2D eigenvalue weighted by molar-refractivity contribution is 7.92. The summed E-state index contributed by atoms with van der Waals surface area (Å²) in [4.78, 5) is 16.8. The Kier molecular flexibility index (Phi) is 8.58. The minimum Gasteiger partial charge on any atom is -0.322 e. The van der Waals surface area contributed by atoms with Crippen molar-refractivity contribution >= 4 is 37.1 Å². The minimum atomic E-state index is -3.57. The smallest absolute Gasteiger partial charge is 0.257 e. The summed E-state index contributed by atoms with van der Waals surface area (Å²) in [6.07, 6.45) is 8.47. The number of hydrogen-bond donors (Lipinski definition) is 1. The van der Waals surface area contributed by atoms with Crippen LogP contribution in [0.5, 0.6) is 0 Å². The summed E-state index contributed by atoms with van der Waals surface area (Å²) in [6, 6.07) is 7.38. The summed E-state index contributed by atoms with van der Waals surface area (Å²) in [7, 11) is -5.61. The summed E-state index contributed by atoms with van der Waals surface area (Å²) < 4.78 is 49.6. The minimum absolute atomic E-state index is 0.0978. The maximum Gasteiger partial charge on any atom is 0.257 e. The third-order valence-corrected chi connectivity index (χ3v) is 7.88. The second-order valence-electron chi connectivity index (χ2n) is 7.33. The van der Waals surface area contributed by atoms with Gasteiger partial charge in [-0.15, -0.1) is 0 Å². The van der Waals surface area contributed by atoms with E-state index in [-0.39, 0.29) is 21.9 Å². The van der Waals surface area contributed by atoms with Gasteiger partial charge in [0.25, 0.3) is 5.91 Å². The molecule has 1 amide bonds. The first-order valence-electron chi connectivity index (χ1n) is 10.1. The zero-order valence-electron chi connectivity index (χ0n) is 18.0. The number of rotatable bonds is 11. The maximum atomic E-state index is 12.7. The van der Waals surface area contributed by atoms with E-state index in [4.69, 9.17) is 0 Å². The Morgan fingerprint density at radius 2 is 1.65 bits per heavy atom. The lowest BCUT2D eigenvalue weighted by Crippen LogP contribution is -2.27. The lowest BCUT2D eigenvalue weighted by atomic mass is 10.2. The standard InChI is InChI=1S/C21H29N3O5S2/c1-4-5-6-7-8-15-31(28,29)18-11-9-17(10-12-18)23-21(25)19-13-14-22-16-20(19)24(2)30(3,26)27/h9-14,16H,4-8,15H2,1-3H3,(H,23,25). The highest BCUT2D eigenvalue weighted by atomic mass is 32.2. The van der Waals surface area contributed by atoms with E-state index in [0.717, 1.165) is 36.2 Å². The SMILES string of the molecule is CCCCCCCS(=O)(=O)c1ccc(NC(=O)c2ccncc2N(C)S(C)(=O)=O)cc1. The number of benzene rings is 1. The van der Waals surface area contributed by atoms with Gasteiger partial charge in [-0.25, -0.2) is 16.8 Å². The fourth-order valence-corrected chi connectivity index (χ4v) is 4.84. The van der Waals surface area contributed by atoms with Gasteiger partial charge in [-0.3, -0.25) is 14.1 Å².